The number of hydrogen-bond acceptors (Lipinski definition) is 4. The molecule has 1 rings (SSSR count). The first-order valence-corrected chi connectivity index (χ1v) is 6.03. The number of unbranched alkanes of at least 4 members (excludes halogenated alkanes) is 2. The van der Waals surface area contributed by atoms with Crippen LogP contribution in [0.25, 0.3) is 0 Å². The molecule has 0 saturated heterocycles. The Balaban J connectivity index is 2.70. The quantitative estimate of drug-likeness (QED) is 0.492. The first-order valence-electron chi connectivity index (χ1n) is 5.66. The molecule has 0 aromatic heterocycles. The molecule has 0 heterocycles. The molecule has 0 bridgehead atoms. The van der Waals surface area contributed by atoms with E-state index in [1.807, 2.05) is 6.07 Å². The third-order valence-corrected chi connectivity index (χ3v) is 2.72. The summed E-state index contributed by atoms with van der Waals surface area (Å²) in [6.45, 7) is 0.365. The molecule has 0 saturated carbocycles. The van der Waals surface area contributed by atoms with Crippen LogP contribution in [0.3, 0.4) is 0 Å². The van der Waals surface area contributed by atoms with Crippen molar-refractivity contribution in [1.29, 1.82) is 5.26 Å². The number of amides is 1. The van der Waals surface area contributed by atoms with Gasteiger partial charge in [0.15, 0.2) is 0 Å². The van der Waals surface area contributed by atoms with Crippen molar-refractivity contribution in [3.63, 3.8) is 0 Å². The first kappa shape index (κ1) is 14.9. The van der Waals surface area contributed by atoms with Gasteiger partial charge in [0, 0.05) is 13.0 Å². The summed E-state index contributed by atoms with van der Waals surface area (Å²) in [5.41, 5.74) is -0.448. The minimum Gasteiger partial charge on any atom is -0.352 e. The van der Waals surface area contributed by atoms with Crippen molar-refractivity contribution in [3.05, 3.63) is 38.9 Å². The smallest absolute Gasteiger partial charge is 0.300 e. The number of carbonyl (C=O) groups excluding carboxylic acids is 1. The second kappa shape index (κ2) is 7.34. The van der Waals surface area contributed by atoms with E-state index >= 15 is 0 Å². The van der Waals surface area contributed by atoms with Gasteiger partial charge in [0.2, 0.25) is 0 Å². The SMILES string of the molecule is N#CCCCCNC(=O)c1cccc(Cl)c1[N+](=O)[O-]. The summed E-state index contributed by atoms with van der Waals surface area (Å²) in [5.74, 6) is -0.536. The summed E-state index contributed by atoms with van der Waals surface area (Å²) < 4.78 is 0. The van der Waals surface area contributed by atoms with Gasteiger partial charge in [-0.25, -0.2) is 0 Å². The molecule has 19 heavy (non-hydrogen) atoms. The highest BCUT2D eigenvalue weighted by atomic mass is 35.5. The van der Waals surface area contributed by atoms with Gasteiger partial charge in [-0.05, 0) is 25.0 Å². The highest BCUT2D eigenvalue weighted by Gasteiger charge is 2.23. The van der Waals surface area contributed by atoms with Crippen LogP contribution in [0.15, 0.2) is 18.2 Å². The molecule has 0 atom stereocenters. The molecule has 0 unspecified atom stereocenters. The van der Waals surface area contributed by atoms with Crippen LogP contribution in [0.2, 0.25) is 5.02 Å². The number of nitro groups is 1. The van der Waals surface area contributed by atoms with Crippen LogP contribution in [-0.2, 0) is 0 Å². The molecule has 1 aromatic carbocycles. The molecule has 1 N–H and O–H groups in total. The Hall–Kier alpha value is -2.13. The third-order valence-electron chi connectivity index (χ3n) is 2.41. The predicted octanol–water partition coefficient (Wildman–Crippen LogP) is 2.67. The second-order valence-corrected chi connectivity index (χ2v) is 4.17. The van der Waals surface area contributed by atoms with Crippen LogP contribution < -0.4 is 5.32 Å². The van der Waals surface area contributed by atoms with E-state index in [1.54, 1.807) is 0 Å². The van der Waals surface area contributed by atoms with Crippen molar-refractivity contribution in [3.8, 4) is 6.07 Å². The minimum absolute atomic E-state index is 0.0576. The number of nitro benzene ring substituents is 1. The molecule has 0 fully saturated rings. The summed E-state index contributed by atoms with van der Waals surface area (Å²) in [6, 6.07) is 6.21. The standard InChI is InChI=1S/C12H12ClN3O3/c13-10-6-4-5-9(11(10)16(18)19)12(17)15-8-3-1-2-7-14/h4-6H,1-3,8H2,(H,15,17). The maximum Gasteiger partial charge on any atom is 0.300 e. The Kier molecular flexibility index (Phi) is 5.76. The molecule has 1 amide bonds. The number of para-hydroxylation sites is 1. The van der Waals surface area contributed by atoms with Crippen LogP contribution >= 0.6 is 11.6 Å². The zero-order valence-corrected chi connectivity index (χ0v) is 10.8. The van der Waals surface area contributed by atoms with E-state index in [1.165, 1.54) is 18.2 Å². The Morgan fingerprint density at radius 2 is 2.21 bits per heavy atom. The number of carbonyl (C=O) groups is 1. The van der Waals surface area contributed by atoms with E-state index in [-0.39, 0.29) is 10.6 Å². The van der Waals surface area contributed by atoms with Gasteiger partial charge in [-0.2, -0.15) is 5.26 Å². The fraction of sp³-hybridized carbons (Fsp3) is 0.333. The maximum atomic E-state index is 11.8. The molecule has 0 aliphatic heterocycles. The van der Waals surface area contributed by atoms with Crippen LogP contribution in [0.1, 0.15) is 29.6 Å². The maximum absolute atomic E-state index is 11.8. The summed E-state index contributed by atoms with van der Waals surface area (Å²) in [4.78, 5) is 22.0. The second-order valence-electron chi connectivity index (χ2n) is 3.76. The first-order chi connectivity index (χ1) is 9.07. The lowest BCUT2D eigenvalue weighted by atomic mass is 10.1. The third kappa shape index (κ3) is 4.23. The number of halogens is 1. The zero-order valence-electron chi connectivity index (χ0n) is 10.1. The number of nitriles is 1. The molecule has 0 spiro atoms. The van der Waals surface area contributed by atoms with Gasteiger partial charge in [0.25, 0.3) is 5.91 Å². The van der Waals surface area contributed by atoms with Crippen molar-refractivity contribution in [1.82, 2.24) is 5.32 Å². The number of nitrogens with one attached hydrogen (secondary N) is 1. The van der Waals surface area contributed by atoms with Gasteiger partial charge in [-0.15, -0.1) is 0 Å². The normalized spacial score (nSPS) is 9.68. The van der Waals surface area contributed by atoms with E-state index in [0.29, 0.717) is 25.8 Å². The molecule has 100 valence electrons. The molecular weight excluding hydrogens is 270 g/mol. The van der Waals surface area contributed by atoms with Crippen LogP contribution in [0.5, 0.6) is 0 Å². The summed E-state index contributed by atoms with van der Waals surface area (Å²) in [6.07, 6.45) is 1.75. The largest absolute Gasteiger partial charge is 0.352 e. The van der Waals surface area contributed by atoms with Crippen LogP contribution in [0, 0.1) is 21.4 Å². The molecular formula is C12H12ClN3O3. The highest BCUT2D eigenvalue weighted by molar-refractivity contribution is 6.33. The van der Waals surface area contributed by atoms with Crippen molar-refractivity contribution in [2.45, 2.75) is 19.3 Å². The molecule has 0 radical (unpaired) electrons. The summed E-state index contributed by atoms with van der Waals surface area (Å²) in [7, 11) is 0. The molecule has 1 aromatic rings. The van der Waals surface area contributed by atoms with Crippen molar-refractivity contribution in [2.75, 3.05) is 6.54 Å². The van der Waals surface area contributed by atoms with Crippen molar-refractivity contribution < 1.29 is 9.72 Å². The van der Waals surface area contributed by atoms with E-state index in [9.17, 15) is 14.9 Å². The highest BCUT2D eigenvalue weighted by Crippen LogP contribution is 2.27. The molecule has 0 aliphatic carbocycles. The van der Waals surface area contributed by atoms with Gasteiger partial charge < -0.3 is 5.32 Å². The predicted molar refractivity (Wildman–Crippen MR) is 69.9 cm³/mol. The van der Waals surface area contributed by atoms with Crippen molar-refractivity contribution >= 4 is 23.2 Å². The number of benzene rings is 1. The van der Waals surface area contributed by atoms with Gasteiger partial charge in [0.05, 0.1) is 11.0 Å². The zero-order chi connectivity index (χ0) is 14.3. The fourth-order valence-electron chi connectivity index (χ4n) is 1.51. The van der Waals surface area contributed by atoms with E-state index in [4.69, 9.17) is 16.9 Å². The van der Waals surface area contributed by atoms with Gasteiger partial charge in [-0.3, -0.25) is 14.9 Å². The molecule has 7 heteroatoms. The topological polar surface area (TPSA) is 96.0 Å². The number of rotatable bonds is 6. The number of nitrogens with zero attached hydrogens (tertiary/aromatic N) is 2. The van der Waals surface area contributed by atoms with Gasteiger partial charge >= 0.3 is 5.69 Å². The average Bonchev–Trinajstić information content (AvgIpc) is 2.37. The lowest BCUT2D eigenvalue weighted by Gasteiger charge is -2.05. The average molecular weight is 282 g/mol. The van der Waals surface area contributed by atoms with Gasteiger partial charge in [-0.1, -0.05) is 17.7 Å². The monoisotopic (exact) mass is 281 g/mol. The Morgan fingerprint density at radius 3 is 2.84 bits per heavy atom. The van der Waals surface area contributed by atoms with Crippen LogP contribution in [-0.4, -0.2) is 17.4 Å². The lowest BCUT2D eigenvalue weighted by Crippen LogP contribution is -2.25. The lowest BCUT2D eigenvalue weighted by molar-refractivity contribution is -0.385. The molecule has 6 nitrogen and oxygen atoms in total. The minimum atomic E-state index is -0.674. The Bertz CT molecular complexity index is 525. The molecule has 0 aliphatic rings. The Morgan fingerprint density at radius 1 is 1.47 bits per heavy atom. The van der Waals surface area contributed by atoms with Gasteiger partial charge in [0.1, 0.15) is 10.6 Å². The van der Waals surface area contributed by atoms with Crippen molar-refractivity contribution in [2.24, 2.45) is 0 Å². The van der Waals surface area contributed by atoms with E-state index in [0.717, 1.165) is 0 Å². The summed E-state index contributed by atoms with van der Waals surface area (Å²) in [5, 5.41) is 21.7. The fourth-order valence-corrected chi connectivity index (χ4v) is 1.75. The van der Waals surface area contributed by atoms with Crippen LogP contribution in [0.4, 0.5) is 5.69 Å². The number of hydrogen-bond donors (Lipinski definition) is 1. The van der Waals surface area contributed by atoms with E-state index < -0.39 is 16.5 Å². The van der Waals surface area contributed by atoms with E-state index in [2.05, 4.69) is 5.32 Å². The Labute approximate surface area is 115 Å². The summed E-state index contributed by atoms with van der Waals surface area (Å²) >= 11 is 5.71.